The van der Waals surface area contributed by atoms with Crippen LogP contribution in [0.2, 0.25) is 0 Å². The molecule has 4 nitrogen and oxygen atoms in total. The van der Waals surface area contributed by atoms with Crippen molar-refractivity contribution in [3.8, 4) is 0 Å². The fraction of sp³-hybridized carbons (Fsp3) is 0.188. The normalized spacial score (nSPS) is 16.9. The third-order valence-corrected chi connectivity index (χ3v) is 4.06. The molecule has 0 aliphatic heterocycles. The Morgan fingerprint density at radius 3 is 2.95 bits per heavy atom. The lowest BCUT2D eigenvalue weighted by Gasteiger charge is -2.30. The van der Waals surface area contributed by atoms with E-state index in [2.05, 4.69) is 18.2 Å². The Bertz CT molecular complexity index is 860. The molecule has 0 amide bonds. The third-order valence-electron chi connectivity index (χ3n) is 4.06. The molecule has 3 aromatic rings. The van der Waals surface area contributed by atoms with Gasteiger partial charge in [0.15, 0.2) is 5.58 Å². The first kappa shape index (κ1) is 11.3. The highest BCUT2D eigenvalue weighted by Crippen LogP contribution is 2.36. The maximum atomic E-state index is 12.0. The molecule has 1 heterocycles. The van der Waals surface area contributed by atoms with Crippen molar-refractivity contribution in [2.24, 2.45) is 0 Å². The van der Waals surface area contributed by atoms with Crippen LogP contribution in [0.5, 0.6) is 0 Å². The van der Waals surface area contributed by atoms with Crippen LogP contribution in [0, 0.1) is 0 Å². The van der Waals surface area contributed by atoms with E-state index in [-0.39, 0.29) is 5.76 Å². The molecule has 4 rings (SSSR count). The average Bonchev–Trinajstić information content (AvgIpc) is 2.72. The smallest absolute Gasteiger partial charge is 0.408 e. The van der Waals surface area contributed by atoms with Crippen LogP contribution in [0.25, 0.3) is 11.1 Å². The summed E-state index contributed by atoms with van der Waals surface area (Å²) in [7, 11) is 0. The topological polar surface area (TPSA) is 61.2 Å². The largest absolute Gasteiger partial charge is 0.419 e. The number of fused-ring (bicyclic) bond motifs is 2. The van der Waals surface area contributed by atoms with Crippen LogP contribution in [0.1, 0.15) is 17.0 Å². The number of hydrogen-bond acceptors (Lipinski definition) is 3. The Labute approximate surface area is 115 Å². The molecule has 0 fully saturated rings. The lowest BCUT2D eigenvalue weighted by Crippen LogP contribution is -2.26. The van der Waals surface area contributed by atoms with Gasteiger partial charge in [0.1, 0.15) is 0 Å². The van der Waals surface area contributed by atoms with Gasteiger partial charge in [0, 0.05) is 18.2 Å². The second kappa shape index (κ2) is 4.00. The van der Waals surface area contributed by atoms with Crippen molar-refractivity contribution >= 4 is 16.8 Å². The van der Waals surface area contributed by atoms with Crippen molar-refractivity contribution in [3.05, 3.63) is 64.1 Å². The second-order valence-corrected chi connectivity index (χ2v) is 5.31. The number of nitrogens with zero attached hydrogens (tertiary/aromatic N) is 1. The first-order valence-electron chi connectivity index (χ1n) is 6.69. The van der Waals surface area contributed by atoms with E-state index in [1.54, 1.807) is 22.8 Å². The molecule has 1 unspecified atom stereocenters. The van der Waals surface area contributed by atoms with Crippen LogP contribution in [0.15, 0.2) is 51.7 Å². The fourth-order valence-electron chi connectivity index (χ4n) is 3.00. The average molecular weight is 266 g/mol. The number of hydrogen-bond donors (Lipinski definition) is 1. The van der Waals surface area contributed by atoms with Gasteiger partial charge in [-0.2, -0.15) is 0 Å². The molecule has 0 saturated carbocycles. The van der Waals surface area contributed by atoms with E-state index < -0.39 is 0 Å². The van der Waals surface area contributed by atoms with E-state index in [1.165, 1.54) is 11.1 Å². The molecular weight excluding hydrogens is 252 g/mol. The third kappa shape index (κ3) is 1.58. The van der Waals surface area contributed by atoms with Crippen LogP contribution < -0.4 is 11.5 Å². The zero-order chi connectivity index (χ0) is 13.7. The summed E-state index contributed by atoms with van der Waals surface area (Å²) in [5.74, 6) is 0.0705. The highest BCUT2D eigenvalue weighted by molar-refractivity contribution is 5.77. The molecule has 4 heteroatoms. The van der Waals surface area contributed by atoms with Gasteiger partial charge in [0.05, 0.1) is 5.52 Å². The molecule has 2 N–H and O–H groups in total. The minimum atomic E-state index is -0.310. The summed E-state index contributed by atoms with van der Waals surface area (Å²) in [4.78, 5) is 12.0. The van der Waals surface area contributed by atoms with Crippen LogP contribution >= 0.6 is 0 Å². The van der Waals surface area contributed by atoms with E-state index in [4.69, 9.17) is 10.2 Å². The summed E-state index contributed by atoms with van der Waals surface area (Å²) < 4.78 is 6.95. The molecule has 1 aromatic heterocycles. The Hall–Kier alpha value is -2.49. The Kier molecular flexibility index (Phi) is 2.27. The predicted molar refractivity (Wildman–Crippen MR) is 77.8 cm³/mol. The number of anilines is 1. The van der Waals surface area contributed by atoms with Crippen molar-refractivity contribution < 1.29 is 4.42 Å². The first-order chi connectivity index (χ1) is 9.72. The monoisotopic (exact) mass is 266 g/mol. The first-order valence-corrected chi connectivity index (χ1v) is 6.69. The molecule has 0 radical (unpaired) electrons. The molecular formula is C16H14N2O2. The fourth-order valence-corrected chi connectivity index (χ4v) is 3.00. The standard InChI is InChI=1S/C16H14N2O2/c17-12-5-6-15-14(8-12)18(16(19)20-15)9-11-7-10-3-1-2-4-13(10)11/h1-6,8,11H,7,9,17H2. The van der Waals surface area contributed by atoms with E-state index in [0.29, 0.717) is 23.7 Å². The summed E-state index contributed by atoms with van der Waals surface area (Å²) in [5.41, 5.74) is 10.5. The van der Waals surface area contributed by atoms with Gasteiger partial charge < -0.3 is 10.2 Å². The van der Waals surface area contributed by atoms with Gasteiger partial charge in [0.25, 0.3) is 0 Å². The quantitative estimate of drug-likeness (QED) is 0.725. The zero-order valence-corrected chi connectivity index (χ0v) is 10.9. The lowest BCUT2D eigenvalue weighted by molar-refractivity contribution is 0.455. The van der Waals surface area contributed by atoms with Crippen molar-refractivity contribution in [2.75, 3.05) is 5.73 Å². The van der Waals surface area contributed by atoms with Gasteiger partial charge in [-0.15, -0.1) is 0 Å². The Balaban J connectivity index is 1.75. The van der Waals surface area contributed by atoms with E-state index in [9.17, 15) is 4.79 Å². The van der Waals surface area contributed by atoms with Crippen LogP contribution in [-0.4, -0.2) is 4.57 Å². The number of nitrogen functional groups attached to an aromatic ring is 1. The molecule has 100 valence electrons. The molecule has 1 aliphatic rings. The molecule has 20 heavy (non-hydrogen) atoms. The molecule has 1 atom stereocenters. The number of nitrogens with two attached hydrogens (primary N) is 1. The second-order valence-electron chi connectivity index (χ2n) is 5.31. The maximum Gasteiger partial charge on any atom is 0.419 e. The van der Waals surface area contributed by atoms with Crippen molar-refractivity contribution in [1.29, 1.82) is 0 Å². The van der Waals surface area contributed by atoms with Crippen LogP contribution in [-0.2, 0) is 13.0 Å². The lowest BCUT2D eigenvalue weighted by atomic mass is 9.77. The maximum absolute atomic E-state index is 12.0. The van der Waals surface area contributed by atoms with Gasteiger partial charge in [-0.1, -0.05) is 24.3 Å². The summed E-state index contributed by atoms with van der Waals surface area (Å²) in [5, 5.41) is 0. The molecule has 0 spiro atoms. The van der Waals surface area contributed by atoms with Crippen LogP contribution in [0.4, 0.5) is 5.69 Å². The number of aromatic nitrogens is 1. The zero-order valence-electron chi connectivity index (χ0n) is 10.9. The van der Waals surface area contributed by atoms with Gasteiger partial charge in [-0.25, -0.2) is 4.79 Å². The summed E-state index contributed by atoms with van der Waals surface area (Å²) in [6.45, 7) is 0.645. The van der Waals surface area contributed by atoms with Crippen molar-refractivity contribution in [3.63, 3.8) is 0 Å². The van der Waals surface area contributed by atoms with Crippen LogP contribution in [0.3, 0.4) is 0 Å². The van der Waals surface area contributed by atoms with Gasteiger partial charge >= 0.3 is 5.76 Å². The van der Waals surface area contributed by atoms with E-state index in [1.807, 2.05) is 6.07 Å². The minimum Gasteiger partial charge on any atom is -0.408 e. The molecule has 2 aromatic carbocycles. The summed E-state index contributed by atoms with van der Waals surface area (Å²) in [6.07, 6.45) is 1.01. The minimum absolute atomic E-state index is 0.310. The number of rotatable bonds is 2. The van der Waals surface area contributed by atoms with Gasteiger partial charge in [-0.05, 0) is 35.7 Å². The van der Waals surface area contributed by atoms with E-state index >= 15 is 0 Å². The van der Waals surface area contributed by atoms with E-state index in [0.717, 1.165) is 11.9 Å². The Morgan fingerprint density at radius 2 is 2.10 bits per heavy atom. The number of benzene rings is 2. The molecule has 0 saturated heterocycles. The van der Waals surface area contributed by atoms with Crippen molar-refractivity contribution in [2.45, 2.75) is 18.9 Å². The summed E-state index contributed by atoms with van der Waals surface area (Å²) in [6, 6.07) is 13.6. The molecule has 0 bridgehead atoms. The Morgan fingerprint density at radius 1 is 1.25 bits per heavy atom. The number of oxazole rings is 1. The highest BCUT2D eigenvalue weighted by Gasteiger charge is 2.27. The van der Waals surface area contributed by atoms with Gasteiger partial charge in [0.2, 0.25) is 0 Å². The SMILES string of the molecule is Nc1ccc2oc(=O)n(CC3Cc4ccccc43)c2c1. The molecule has 1 aliphatic carbocycles. The summed E-state index contributed by atoms with van der Waals surface area (Å²) >= 11 is 0. The van der Waals surface area contributed by atoms with Gasteiger partial charge in [-0.3, -0.25) is 4.57 Å². The predicted octanol–water partition coefficient (Wildman–Crippen LogP) is 2.52. The van der Waals surface area contributed by atoms with Crippen molar-refractivity contribution in [1.82, 2.24) is 4.57 Å². The highest BCUT2D eigenvalue weighted by atomic mass is 16.4.